The summed E-state index contributed by atoms with van der Waals surface area (Å²) in [7, 11) is 0. The van der Waals surface area contributed by atoms with Crippen molar-refractivity contribution < 1.29 is 5.11 Å². The molecule has 1 nitrogen and oxygen atoms in total. The first kappa shape index (κ1) is 10.5. The second-order valence-corrected chi connectivity index (χ2v) is 5.68. The molecule has 3 aliphatic rings. The number of aliphatic hydroxyl groups is 1. The molecule has 0 heterocycles. The van der Waals surface area contributed by atoms with E-state index in [0.717, 1.165) is 19.3 Å². The van der Waals surface area contributed by atoms with Crippen molar-refractivity contribution in [1.82, 2.24) is 0 Å². The summed E-state index contributed by atoms with van der Waals surface area (Å²) in [5.74, 6) is 0. The molecule has 0 amide bonds. The monoisotopic (exact) mass is 196 g/mol. The molecule has 1 heteroatoms. The van der Waals surface area contributed by atoms with Gasteiger partial charge in [-0.2, -0.15) is 0 Å². The summed E-state index contributed by atoms with van der Waals surface area (Å²) in [6.45, 7) is 2.28. The number of unbranched alkanes of at least 4 members (excludes halogenated alkanes) is 2. The van der Waals surface area contributed by atoms with Crippen LogP contribution in [0.5, 0.6) is 0 Å². The summed E-state index contributed by atoms with van der Waals surface area (Å²) in [4.78, 5) is 0. The van der Waals surface area contributed by atoms with Gasteiger partial charge < -0.3 is 5.11 Å². The summed E-state index contributed by atoms with van der Waals surface area (Å²) in [6, 6.07) is 0. The Morgan fingerprint density at radius 1 is 0.929 bits per heavy atom. The molecule has 0 aliphatic heterocycles. The van der Waals surface area contributed by atoms with E-state index in [1.807, 2.05) is 0 Å². The predicted octanol–water partition coefficient (Wildman–Crippen LogP) is 3.65. The molecule has 0 aromatic heterocycles. The highest BCUT2D eigenvalue weighted by atomic mass is 16.3. The number of hydrogen-bond acceptors (Lipinski definition) is 1. The fraction of sp³-hybridized carbons (Fsp3) is 1.00. The Kier molecular flexibility index (Phi) is 2.88. The zero-order valence-corrected chi connectivity index (χ0v) is 9.52. The van der Waals surface area contributed by atoms with Crippen molar-refractivity contribution in [3.63, 3.8) is 0 Å². The van der Waals surface area contributed by atoms with Crippen molar-refractivity contribution in [2.75, 3.05) is 0 Å². The van der Waals surface area contributed by atoms with E-state index in [2.05, 4.69) is 6.92 Å². The van der Waals surface area contributed by atoms with E-state index in [4.69, 9.17) is 0 Å². The molecule has 82 valence electrons. The number of fused-ring (bicyclic) bond motifs is 3. The molecular weight excluding hydrogens is 172 g/mol. The molecule has 1 N–H and O–H groups in total. The van der Waals surface area contributed by atoms with Gasteiger partial charge in [-0.15, -0.1) is 0 Å². The van der Waals surface area contributed by atoms with Crippen LogP contribution in [0, 0.1) is 5.41 Å². The van der Waals surface area contributed by atoms with Crippen LogP contribution in [-0.4, -0.2) is 10.7 Å². The first-order valence-corrected chi connectivity index (χ1v) is 6.41. The lowest BCUT2D eigenvalue weighted by Gasteiger charge is -2.51. The summed E-state index contributed by atoms with van der Waals surface area (Å²) in [5, 5.41) is 10.1. The van der Waals surface area contributed by atoms with Crippen LogP contribution in [0.25, 0.3) is 0 Å². The van der Waals surface area contributed by atoms with Crippen LogP contribution >= 0.6 is 0 Å². The predicted molar refractivity (Wildman–Crippen MR) is 59.2 cm³/mol. The van der Waals surface area contributed by atoms with E-state index >= 15 is 0 Å². The average Bonchev–Trinajstić information content (AvgIpc) is 2.21. The van der Waals surface area contributed by atoms with Crippen LogP contribution in [0.3, 0.4) is 0 Å². The van der Waals surface area contributed by atoms with Crippen LogP contribution in [0.4, 0.5) is 0 Å². The Morgan fingerprint density at radius 2 is 1.50 bits per heavy atom. The summed E-state index contributed by atoms with van der Waals surface area (Å²) < 4.78 is 0. The molecule has 0 aromatic carbocycles. The molecule has 3 saturated carbocycles. The van der Waals surface area contributed by atoms with Crippen molar-refractivity contribution in [3.8, 4) is 0 Å². The second kappa shape index (κ2) is 3.84. The molecular formula is C13H24O. The van der Waals surface area contributed by atoms with E-state index in [9.17, 15) is 5.11 Å². The lowest BCUT2D eigenvalue weighted by molar-refractivity contribution is -0.0948. The minimum Gasteiger partial charge on any atom is -0.390 e. The zero-order chi connectivity index (χ0) is 10.1. The van der Waals surface area contributed by atoms with Gasteiger partial charge in [-0.25, -0.2) is 0 Å². The highest BCUT2D eigenvalue weighted by Crippen LogP contribution is 2.54. The van der Waals surface area contributed by atoms with Gasteiger partial charge in [-0.05, 0) is 50.4 Å². The molecule has 0 saturated heterocycles. The van der Waals surface area contributed by atoms with Gasteiger partial charge in [0, 0.05) is 0 Å². The standard InChI is InChI=1S/C13H24O/c1-2-3-4-5-12-6-9-13(14,10-7-12)11-8-12/h14H,2-11H2,1H3. The van der Waals surface area contributed by atoms with E-state index in [1.165, 1.54) is 44.9 Å². The highest BCUT2D eigenvalue weighted by Gasteiger charge is 2.46. The molecule has 3 rings (SSSR count). The minimum atomic E-state index is -0.244. The Bertz CT molecular complexity index is 173. The fourth-order valence-corrected chi connectivity index (χ4v) is 3.37. The Morgan fingerprint density at radius 3 is 2.00 bits per heavy atom. The van der Waals surface area contributed by atoms with Gasteiger partial charge in [0.2, 0.25) is 0 Å². The summed E-state index contributed by atoms with van der Waals surface area (Å²) in [6.07, 6.45) is 12.7. The first-order valence-electron chi connectivity index (χ1n) is 6.41. The zero-order valence-electron chi connectivity index (χ0n) is 9.52. The molecule has 0 atom stereocenters. The SMILES string of the molecule is CCCCCC12CCC(O)(CC1)CC2. The van der Waals surface area contributed by atoms with Crippen molar-refractivity contribution >= 4 is 0 Å². The summed E-state index contributed by atoms with van der Waals surface area (Å²) >= 11 is 0. The summed E-state index contributed by atoms with van der Waals surface area (Å²) in [5.41, 5.74) is 0.409. The van der Waals surface area contributed by atoms with Gasteiger partial charge in [0.05, 0.1) is 5.60 Å². The van der Waals surface area contributed by atoms with Gasteiger partial charge in [0.25, 0.3) is 0 Å². The Labute approximate surface area is 87.9 Å². The van der Waals surface area contributed by atoms with E-state index in [-0.39, 0.29) is 5.60 Å². The smallest absolute Gasteiger partial charge is 0.0648 e. The van der Waals surface area contributed by atoms with Crippen LogP contribution in [0.15, 0.2) is 0 Å². The number of rotatable bonds is 4. The third-order valence-corrected chi connectivity index (χ3v) is 4.67. The maximum atomic E-state index is 10.1. The van der Waals surface area contributed by atoms with Crippen LogP contribution in [0.2, 0.25) is 0 Å². The quantitative estimate of drug-likeness (QED) is 0.680. The molecule has 0 unspecified atom stereocenters. The lowest BCUT2D eigenvalue weighted by Crippen LogP contribution is -2.45. The first-order chi connectivity index (χ1) is 6.68. The largest absolute Gasteiger partial charge is 0.390 e. The topological polar surface area (TPSA) is 20.2 Å². The Balaban J connectivity index is 1.85. The highest BCUT2D eigenvalue weighted by molar-refractivity contribution is 4.99. The van der Waals surface area contributed by atoms with E-state index < -0.39 is 0 Å². The normalized spacial score (nSPS) is 41.6. The van der Waals surface area contributed by atoms with Crippen molar-refractivity contribution in [2.24, 2.45) is 5.41 Å². The maximum Gasteiger partial charge on any atom is 0.0648 e. The Hall–Kier alpha value is -0.0400. The molecule has 0 spiro atoms. The molecule has 0 radical (unpaired) electrons. The average molecular weight is 196 g/mol. The third-order valence-electron chi connectivity index (χ3n) is 4.67. The van der Waals surface area contributed by atoms with Gasteiger partial charge in [0.15, 0.2) is 0 Å². The van der Waals surface area contributed by atoms with Gasteiger partial charge >= 0.3 is 0 Å². The molecule has 2 bridgehead atoms. The van der Waals surface area contributed by atoms with Crippen molar-refractivity contribution in [2.45, 2.75) is 76.7 Å². The molecule has 3 fully saturated rings. The van der Waals surface area contributed by atoms with Crippen LogP contribution in [0.1, 0.15) is 71.1 Å². The van der Waals surface area contributed by atoms with Gasteiger partial charge in [-0.3, -0.25) is 0 Å². The molecule has 0 aromatic rings. The maximum absolute atomic E-state index is 10.1. The van der Waals surface area contributed by atoms with Crippen molar-refractivity contribution in [3.05, 3.63) is 0 Å². The van der Waals surface area contributed by atoms with Crippen LogP contribution in [-0.2, 0) is 0 Å². The van der Waals surface area contributed by atoms with Crippen molar-refractivity contribution in [1.29, 1.82) is 0 Å². The fourth-order valence-electron chi connectivity index (χ4n) is 3.37. The molecule has 14 heavy (non-hydrogen) atoms. The van der Waals surface area contributed by atoms with Gasteiger partial charge in [-0.1, -0.05) is 26.2 Å². The van der Waals surface area contributed by atoms with Gasteiger partial charge in [0.1, 0.15) is 0 Å². The van der Waals surface area contributed by atoms with E-state index in [1.54, 1.807) is 0 Å². The third kappa shape index (κ3) is 1.98. The lowest BCUT2D eigenvalue weighted by atomic mass is 9.57. The minimum absolute atomic E-state index is 0.244. The molecule has 3 aliphatic carbocycles. The number of hydrogen-bond donors (Lipinski definition) is 1. The second-order valence-electron chi connectivity index (χ2n) is 5.68. The van der Waals surface area contributed by atoms with Crippen LogP contribution < -0.4 is 0 Å². The van der Waals surface area contributed by atoms with E-state index in [0.29, 0.717) is 5.41 Å².